The van der Waals surface area contributed by atoms with Crippen LogP contribution >= 0.6 is 0 Å². The average molecular weight is 493 g/mol. The van der Waals surface area contributed by atoms with Crippen molar-refractivity contribution < 1.29 is 28.6 Å². The molecule has 1 amide bonds. The van der Waals surface area contributed by atoms with E-state index < -0.39 is 29.2 Å². The Kier molecular flexibility index (Phi) is 8.66. The zero-order valence-electron chi connectivity index (χ0n) is 20.8. The van der Waals surface area contributed by atoms with Gasteiger partial charge < -0.3 is 25.3 Å². The van der Waals surface area contributed by atoms with E-state index in [1.165, 1.54) is 0 Å². The van der Waals surface area contributed by atoms with Gasteiger partial charge in [0.05, 0.1) is 0 Å². The smallest absolute Gasteiger partial charge is 0.407 e. The summed E-state index contributed by atoms with van der Waals surface area (Å²) < 4.78 is 16.2. The quantitative estimate of drug-likeness (QED) is 0.196. The Morgan fingerprint density at radius 3 is 2.25 bits per heavy atom. The van der Waals surface area contributed by atoms with Crippen molar-refractivity contribution in [2.75, 3.05) is 6.54 Å². The van der Waals surface area contributed by atoms with Crippen LogP contribution in [0.15, 0.2) is 72.8 Å². The highest BCUT2D eigenvalue weighted by Gasteiger charge is 2.46. The van der Waals surface area contributed by atoms with Crippen LogP contribution in [-0.4, -0.2) is 35.7 Å². The van der Waals surface area contributed by atoms with Crippen molar-refractivity contribution in [1.29, 1.82) is 0 Å². The molecule has 1 atom stereocenters. The third-order valence-electron chi connectivity index (χ3n) is 5.31. The minimum atomic E-state index is -2.07. The molecule has 0 aliphatic carbocycles. The maximum Gasteiger partial charge on any atom is 0.407 e. The predicted molar refractivity (Wildman–Crippen MR) is 136 cm³/mol. The highest BCUT2D eigenvalue weighted by Crippen LogP contribution is 2.27. The van der Waals surface area contributed by atoms with Crippen LogP contribution in [0.3, 0.4) is 0 Å². The number of ether oxygens (including phenoxy) is 3. The van der Waals surface area contributed by atoms with Crippen molar-refractivity contribution in [3.05, 3.63) is 78.4 Å². The number of alkyl carbamates (subject to hydrolysis) is 1. The Bertz CT molecular complexity index is 1200. The fourth-order valence-corrected chi connectivity index (χ4v) is 3.46. The summed E-state index contributed by atoms with van der Waals surface area (Å²) in [5.74, 6) is -1.54. The van der Waals surface area contributed by atoms with Crippen LogP contribution in [0.25, 0.3) is 10.8 Å². The molecule has 0 saturated carbocycles. The second-order valence-corrected chi connectivity index (χ2v) is 9.43. The number of esters is 2. The molecule has 0 spiro atoms. The maximum atomic E-state index is 13.2. The zero-order chi connectivity index (χ0) is 26.2. The van der Waals surface area contributed by atoms with Crippen LogP contribution in [0, 0.1) is 0 Å². The Hall–Kier alpha value is -3.91. The van der Waals surface area contributed by atoms with Gasteiger partial charge in [0.2, 0.25) is 5.54 Å². The van der Waals surface area contributed by atoms with Crippen LogP contribution in [0.1, 0.15) is 39.2 Å². The summed E-state index contributed by atoms with van der Waals surface area (Å²) in [6, 6.07) is 22.0. The SMILES string of the molecule is CC(C)(C)OC(=O)[C@](N)(CCCNC(=O)OCc1ccccc1)C(=O)Oc1cccc2ccccc12. The molecule has 0 aliphatic rings. The number of benzene rings is 3. The van der Waals surface area contributed by atoms with Gasteiger partial charge in [-0.25, -0.2) is 14.4 Å². The van der Waals surface area contributed by atoms with E-state index in [9.17, 15) is 14.4 Å². The van der Waals surface area contributed by atoms with Gasteiger partial charge in [-0.3, -0.25) is 0 Å². The molecule has 0 unspecified atom stereocenters. The number of rotatable bonds is 9. The van der Waals surface area contributed by atoms with E-state index in [-0.39, 0.29) is 26.0 Å². The van der Waals surface area contributed by atoms with Crippen LogP contribution in [0.2, 0.25) is 0 Å². The van der Waals surface area contributed by atoms with Crippen molar-refractivity contribution in [3.63, 3.8) is 0 Å². The molecule has 0 radical (unpaired) electrons. The van der Waals surface area contributed by atoms with Crippen LogP contribution < -0.4 is 15.8 Å². The lowest BCUT2D eigenvalue weighted by Crippen LogP contribution is -2.59. The summed E-state index contributed by atoms with van der Waals surface area (Å²) in [6.45, 7) is 5.32. The predicted octanol–water partition coefficient (Wildman–Crippen LogP) is 4.49. The summed E-state index contributed by atoms with van der Waals surface area (Å²) in [4.78, 5) is 38.3. The summed E-state index contributed by atoms with van der Waals surface area (Å²) in [5.41, 5.74) is 4.27. The first-order valence-corrected chi connectivity index (χ1v) is 11.8. The lowest BCUT2D eigenvalue weighted by atomic mass is 9.94. The molecule has 3 aromatic carbocycles. The molecule has 0 aromatic heterocycles. The summed E-state index contributed by atoms with van der Waals surface area (Å²) in [5, 5.41) is 4.19. The fourth-order valence-electron chi connectivity index (χ4n) is 3.46. The molecule has 0 fully saturated rings. The van der Waals surface area contributed by atoms with Gasteiger partial charge >= 0.3 is 18.0 Å². The lowest BCUT2D eigenvalue weighted by Gasteiger charge is -2.29. The summed E-state index contributed by atoms with van der Waals surface area (Å²) in [7, 11) is 0. The molecular formula is C28H32N2O6. The minimum Gasteiger partial charge on any atom is -0.458 e. The number of carbonyl (C=O) groups excluding carboxylic acids is 3. The topological polar surface area (TPSA) is 117 Å². The normalized spacial score (nSPS) is 12.9. The molecule has 8 heteroatoms. The van der Waals surface area contributed by atoms with E-state index in [0.717, 1.165) is 10.9 Å². The lowest BCUT2D eigenvalue weighted by molar-refractivity contribution is -0.168. The first-order valence-electron chi connectivity index (χ1n) is 11.8. The zero-order valence-corrected chi connectivity index (χ0v) is 20.8. The Morgan fingerprint density at radius 1 is 0.861 bits per heavy atom. The largest absolute Gasteiger partial charge is 0.458 e. The van der Waals surface area contributed by atoms with Crippen LogP contribution in [-0.2, 0) is 25.7 Å². The number of nitrogens with one attached hydrogen (secondary N) is 1. The standard InChI is InChI=1S/C28H32N2O6/c1-27(2,3)36-25(32)28(29,17-10-18-30-26(33)34-19-20-11-5-4-6-12-20)24(31)35-23-16-9-14-21-13-7-8-15-22(21)23/h4-9,11-16H,10,17-19,29H2,1-3H3,(H,30,33)/t28-/m0/s1. The van der Waals surface area contributed by atoms with Gasteiger partial charge in [0.1, 0.15) is 18.0 Å². The van der Waals surface area contributed by atoms with Gasteiger partial charge in [0.25, 0.3) is 0 Å². The summed E-state index contributed by atoms with van der Waals surface area (Å²) in [6.07, 6.45) is -0.511. The molecular weight excluding hydrogens is 460 g/mol. The number of fused-ring (bicyclic) bond motifs is 1. The van der Waals surface area contributed by atoms with E-state index >= 15 is 0 Å². The third-order valence-corrected chi connectivity index (χ3v) is 5.31. The third kappa shape index (κ3) is 7.29. The Labute approximate surface area is 210 Å². The second kappa shape index (κ2) is 11.7. The number of nitrogens with two attached hydrogens (primary N) is 1. The first-order chi connectivity index (χ1) is 17.1. The van der Waals surface area contributed by atoms with Gasteiger partial charge in [-0.2, -0.15) is 0 Å². The molecule has 0 aliphatic heterocycles. The molecule has 8 nitrogen and oxygen atoms in total. The molecule has 3 aromatic rings. The Balaban J connectivity index is 1.65. The van der Waals surface area contributed by atoms with E-state index in [2.05, 4.69) is 5.32 Å². The highest BCUT2D eigenvalue weighted by molar-refractivity contribution is 6.06. The van der Waals surface area contributed by atoms with Crippen molar-refractivity contribution in [3.8, 4) is 5.75 Å². The average Bonchev–Trinajstić information content (AvgIpc) is 2.85. The molecule has 190 valence electrons. The van der Waals surface area contributed by atoms with Crippen molar-refractivity contribution >= 4 is 28.8 Å². The monoisotopic (exact) mass is 492 g/mol. The van der Waals surface area contributed by atoms with E-state index in [4.69, 9.17) is 19.9 Å². The van der Waals surface area contributed by atoms with Gasteiger partial charge in [-0.15, -0.1) is 0 Å². The van der Waals surface area contributed by atoms with E-state index in [1.807, 2.05) is 60.7 Å². The van der Waals surface area contributed by atoms with E-state index in [0.29, 0.717) is 11.1 Å². The number of hydrogen-bond acceptors (Lipinski definition) is 7. The summed E-state index contributed by atoms with van der Waals surface area (Å²) >= 11 is 0. The van der Waals surface area contributed by atoms with Crippen molar-refractivity contribution in [2.24, 2.45) is 5.73 Å². The molecule has 3 rings (SSSR count). The van der Waals surface area contributed by atoms with Gasteiger partial charge in [0.15, 0.2) is 0 Å². The van der Waals surface area contributed by atoms with E-state index in [1.54, 1.807) is 32.9 Å². The molecule has 0 saturated heterocycles. The fraction of sp³-hybridized carbons (Fsp3) is 0.321. The second-order valence-electron chi connectivity index (χ2n) is 9.43. The van der Waals surface area contributed by atoms with Gasteiger partial charge in [0, 0.05) is 11.9 Å². The number of amides is 1. The van der Waals surface area contributed by atoms with Gasteiger partial charge in [-0.1, -0.05) is 66.7 Å². The van der Waals surface area contributed by atoms with Crippen LogP contribution in [0.5, 0.6) is 5.75 Å². The van der Waals surface area contributed by atoms with Crippen molar-refractivity contribution in [2.45, 2.75) is 51.4 Å². The molecule has 36 heavy (non-hydrogen) atoms. The number of carbonyl (C=O) groups is 3. The highest BCUT2D eigenvalue weighted by atomic mass is 16.6. The van der Waals surface area contributed by atoms with Gasteiger partial charge in [-0.05, 0) is 50.6 Å². The first kappa shape index (κ1) is 26.7. The van der Waals surface area contributed by atoms with Crippen molar-refractivity contribution in [1.82, 2.24) is 5.32 Å². The molecule has 0 bridgehead atoms. The minimum absolute atomic E-state index is 0.107. The van der Waals surface area contributed by atoms with Crippen LogP contribution in [0.4, 0.5) is 4.79 Å². The Morgan fingerprint density at radius 2 is 1.53 bits per heavy atom. The molecule has 3 N–H and O–H groups in total. The maximum absolute atomic E-state index is 13.2. The number of hydrogen-bond donors (Lipinski definition) is 2. The molecule has 0 heterocycles.